The van der Waals surface area contributed by atoms with Crippen LogP contribution in [0.25, 0.3) is 0 Å². The number of rotatable bonds is 1. The highest BCUT2D eigenvalue weighted by Gasteiger charge is 2.34. The second-order valence-corrected chi connectivity index (χ2v) is 2.84. The van der Waals surface area contributed by atoms with Crippen molar-refractivity contribution in [2.24, 2.45) is 0 Å². The minimum Gasteiger partial charge on any atom is -0.390 e. The SMILES string of the molecule is CO[C@@H]1O[C@H](C)C[C@H](O)[C@@H]1O. The molecule has 0 spiro atoms. The van der Waals surface area contributed by atoms with Crippen LogP contribution in [0, 0.1) is 0 Å². The van der Waals surface area contributed by atoms with Crippen LogP contribution in [-0.4, -0.2) is 41.9 Å². The maximum Gasteiger partial charge on any atom is 0.185 e. The van der Waals surface area contributed by atoms with Gasteiger partial charge in [0.15, 0.2) is 6.29 Å². The van der Waals surface area contributed by atoms with E-state index in [9.17, 15) is 10.2 Å². The van der Waals surface area contributed by atoms with Gasteiger partial charge in [0.25, 0.3) is 0 Å². The second kappa shape index (κ2) is 3.49. The molecule has 0 aliphatic carbocycles. The largest absolute Gasteiger partial charge is 0.390 e. The molecule has 1 fully saturated rings. The quantitative estimate of drug-likeness (QED) is 0.545. The summed E-state index contributed by atoms with van der Waals surface area (Å²) >= 11 is 0. The lowest BCUT2D eigenvalue weighted by atomic mass is 10.0. The Morgan fingerprint density at radius 3 is 2.64 bits per heavy atom. The van der Waals surface area contributed by atoms with Crippen LogP contribution < -0.4 is 0 Å². The van der Waals surface area contributed by atoms with Crippen LogP contribution in [0.3, 0.4) is 0 Å². The first kappa shape index (κ1) is 8.93. The molecule has 4 nitrogen and oxygen atoms in total. The third-order valence-corrected chi connectivity index (χ3v) is 1.85. The zero-order valence-electron chi connectivity index (χ0n) is 6.73. The first-order valence-corrected chi connectivity index (χ1v) is 3.69. The third-order valence-electron chi connectivity index (χ3n) is 1.85. The Bertz CT molecular complexity index is 128. The summed E-state index contributed by atoms with van der Waals surface area (Å²) in [5, 5.41) is 18.5. The Morgan fingerprint density at radius 1 is 1.45 bits per heavy atom. The smallest absolute Gasteiger partial charge is 0.185 e. The van der Waals surface area contributed by atoms with Gasteiger partial charge in [0.2, 0.25) is 0 Å². The molecule has 11 heavy (non-hydrogen) atoms. The van der Waals surface area contributed by atoms with Gasteiger partial charge in [0.1, 0.15) is 6.10 Å². The van der Waals surface area contributed by atoms with Gasteiger partial charge >= 0.3 is 0 Å². The van der Waals surface area contributed by atoms with Crippen molar-refractivity contribution in [3.8, 4) is 0 Å². The Morgan fingerprint density at radius 2 is 2.09 bits per heavy atom. The molecular formula is C7H14O4. The monoisotopic (exact) mass is 162 g/mol. The molecule has 0 aromatic carbocycles. The van der Waals surface area contributed by atoms with Gasteiger partial charge < -0.3 is 19.7 Å². The average molecular weight is 162 g/mol. The molecule has 1 aliphatic rings. The first-order valence-electron chi connectivity index (χ1n) is 3.69. The lowest BCUT2D eigenvalue weighted by molar-refractivity contribution is -0.254. The van der Waals surface area contributed by atoms with Gasteiger partial charge in [-0.05, 0) is 6.92 Å². The molecule has 0 unspecified atom stereocenters. The fraction of sp³-hybridized carbons (Fsp3) is 1.00. The predicted molar refractivity (Wildman–Crippen MR) is 38.0 cm³/mol. The molecule has 2 N–H and O–H groups in total. The summed E-state index contributed by atoms with van der Waals surface area (Å²) in [6.45, 7) is 1.83. The van der Waals surface area contributed by atoms with E-state index in [4.69, 9.17) is 9.47 Å². The van der Waals surface area contributed by atoms with E-state index in [0.29, 0.717) is 6.42 Å². The Labute approximate surface area is 65.7 Å². The number of hydrogen-bond donors (Lipinski definition) is 2. The van der Waals surface area contributed by atoms with Crippen LogP contribution in [-0.2, 0) is 9.47 Å². The Balaban J connectivity index is 2.51. The van der Waals surface area contributed by atoms with Gasteiger partial charge in [-0.2, -0.15) is 0 Å². The van der Waals surface area contributed by atoms with Gasteiger partial charge in [-0.3, -0.25) is 0 Å². The molecule has 0 amide bonds. The van der Waals surface area contributed by atoms with Gasteiger partial charge in [-0.15, -0.1) is 0 Å². The number of ether oxygens (including phenoxy) is 2. The van der Waals surface area contributed by atoms with Crippen LogP contribution in [0.4, 0.5) is 0 Å². The molecule has 1 heterocycles. The summed E-state index contributed by atoms with van der Waals surface area (Å²) in [6.07, 6.45) is -1.94. The third kappa shape index (κ3) is 1.90. The highest BCUT2D eigenvalue weighted by molar-refractivity contribution is 4.78. The van der Waals surface area contributed by atoms with E-state index in [1.165, 1.54) is 7.11 Å². The van der Waals surface area contributed by atoms with Crippen molar-refractivity contribution in [3.05, 3.63) is 0 Å². The van der Waals surface area contributed by atoms with Crippen molar-refractivity contribution in [2.75, 3.05) is 7.11 Å². The summed E-state index contributed by atoms with van der Waals surface area (Å²) in [6, 6.07) is 0. The molecule has 0 bridgehead atoms. The summed E-state index contributed by atoms with van der Waals surface area (Å²) in [5.74, 6) is 0. The highest BCUT2D eigenvalue weighted by atomic mass is 16.7. The van der Waals surface area contributed by atoms with E-state index in [2.05, 4.69) is 0 Å². The highest BCUT2D eigenvalue weighted by Crippen LogP contribution is 2.19. The molecule has 0 saturated carbocycles. The van der Waals surface area contributed by atoms with E-state index in [-0.39, 0.29) is 6.10 Å². The normalized spacial score (nSPS) is 45.8. The van der Waals surface area contributed by atoms with Crippen LogP contribution in [0.2, 0.25) is 0 Å². The van der Waals surface area contributed by atoms with Crippen LogP contribution in [0.15, 0.2) is 0 Å². The van der Waals surface area contributed by atoms with Gasteiger partial charge in [0, 0.05) is 13.5 Å². The fourth-order valence-corrected chi connectivity index (χ4v) is 1.22. The summed E-state index contributed by atoms with van der Waals surface area (Å²) in [5.41, 5.74) is 0. The molecule has 1 saturated heterocycles. The lowest BCUT2D eigenvalue weighted by Crippen LogP contribution is -2.48. The Kier molecular flexibility index (Phi) is 2.84. The van der Waals surface area contributed by atoms with Crippen molar-refractivity contribution in [3.63, 3.8) is 0 Å². The maximum absolute atomic E-state index is 9.26. The number of methoxy groups -OCH3 is 1. The van der Waals surface area contributed by atoms with E-state index in [1.54, 1.807) is 0 Å². The molecule has 0 aromatic rings. The van der Waals surface area contributed by atoms with E-state index in [1.807, 2.05) is 6.92 Å². The van der Waals surface area contributed by atoms with Crippen LogP contribution in [0.1, 0.15) is 13.3 Å². The minimum atomic E-state index is -0.920. The Hall–Kier alpha value is -0.160. The minimum absolute atomic E-state index is 0.0571. The van der Waals surface area contributed by atoms with Crippen molar-refractivity contribution in [1.82, 2.24) is 0 Å². The van der Waals surface area contributed by atoms with Gasteiger partial charge in [-0.25, -0.2) is 0 Å². The topological polar surface area (TPSA) is 58.9 Å². The van der Waals surface area contributed by atoms with Crippen LogP contribution in [0.5, 0.6) is 0 Å². The summed E-state index contributed by atoms with van der Waals surface area (Å²) < 4.78 is 10.00. The fourth-order valence-electron chi connectivity index (χ4n) is 1.22. The number of aliphatic hydroxyl groups excluding tert-OH is 2. The molecule has 4 heteroatoms. The average Bonchev–Trinajstić information content (AvgIpc) is 1.96. The zero-order chi connectivity index (χ0) is 8.43. The van der Waals surface area contributed by atoms with E-state index < -0.39 is 18.5 Å². The summed E-state index contributed by atoms with van der Waals surface area (Å²) in [7, 11) is 1.44. The second-order valence-electron chi connectivity index (χ2n) is 2.84. The van der Waals surface area contributed by atoms with E-state index >= 15 is 0 Å². The number of hydrogen-bond acceptors (Lipinski definition) is 4. The summed E-state index contributed by atoms with van der Waals surface area (Å²) in [4.78, 5) is 0. The molecular weight excluding hydrogens is 148 g/mol. The van der Waals surface area contributed by atoms with Crippen molar-refractivity contribution in [1.29, 1.82) is 0 Å². The van der Waals surface area contributed by atoms with Crippen LogP contribution >= 0.6 is 0 Å². The number of aliphatic hydroxyl groups is 2. The molecule has 66 valence electrons. The van der Waals surface area contributed by atoms with Gasteiger partial charge in [0.05, 0.1) is 12.2 Å². The molecule has 0 radical (unpaired) electrons. The van der Waals surface area contributed by atoms with Gasteiger partial charge in [-0.1, -0.05) is 0 Å². The molecule has 1 aliphatic heterocycles. The molecule has 0 aromatic heterocycles. The molecule has 4 atom stereocenters. The maximum atomic E-state index is 9.26. The van der Waals surface area contributed by atoms with Crippen molar-refractivity contribution < 1.29 is 19.7 Å². The predicted octanol–water partition coefficient (Wildman–Crippen LogP) is -0.510. The zero-order valence-corrected chi connectivity index (χ0v) is 6.73. The molecule has 1 rings (SSSR count). The lowest BCUT2D eigenvalue weighted by Gasteiger charge is -2.34. The first-order chi connectivity index (χ1) is 5.15. The van der Waals surface area contributed by atoms with Crippen molar-refractivity contribution >= 4 is 0 Å². The van der Waals surface area contributed by atoms with Crippen molar-refractivity contribution in [2.45, 2.75) is 37.9 Å². The standard InChI is InChI=1S/C7H14O4/c1-4-3-5(8)6(9)7(10-2)11-4/h4-9H,3H2,1-2H3/t4-,5+,6+,7-/m1/s1. The van der Waals surface area contributed by atoms with E-state index in [0.717, 1.165) is 0 Å².